The Morgan fingerprint density at radius 1 is 1.00 bits per heavy atom. The fourth-order valence-electron chi connectivity index (χ4n) is 3.97. The number of Topliss-reactive ketones (excluding diaryl/α,β-unsaturated/α-hetero) is 1. The Hall–Kier alpha value is -0.265. The van der Waals surface area contributed by atoms with E-state index in [2.05, 4.69) is 0 Å². The Kier molecular flexibility index (Phi) is 5.12. The lowest BCUT2D eigenvalue weighted by molar-refractivity contribution is -0.127. The summed E-state index contributed by atoms with van der Waals surface area (Å²) < 4.78 is 0. The van der Waals surface area contributed by atoms with E-state index in [1.807, 2.05) is 0 Å². The van der Waals surface area contributed by atoms with Gasteiger partial charge in [0.05, 0.1) is 7.85 Å². The molecule has 0 aromatic heterocycles. The molecule has 2 fully saturated rings. The van der Waals surface area contributed by atoms with E-state index in [1.165, 1.54) is 44.9 Å². The standard InChI is InChI=1S/C15H25BO/c16-11-4-3-10-15(17)14-9-5-7-12-6-1-2-8-13(12)14/h12-14H,1-11H2. The van der Waals surface area contributed by atoms with Gasteiger partial charge in [-0.15, -0.1) is 0 Å². The van der Waals surface area contributed by atoms with Crippen LogP contribution in [-0.4, -0.2) is 13.6 Å². The largest absolute Gasteiger partial charge is 0.299 e. The van der Waals surface area contributed by atoms with Gasteiger partial charge in [0, 0.05) is 12.3 Å². The van der Waals surface area contributed by atoms with Crippen molar-refractivity contribution in [2.75, 3.05) is 0 Å². The van der Waals surface area contributed by atoms with Gasteiger partial charge >= 0.3 is 0 Å². The van der Waals surface area contributed by atoms with Crippen LogP contribution in [0.15, 0.2) is 0 Å². The van der Waals surface area contributed by atoms with Gasteiger partial charge < -0.3 is 0 Å². The highest BCUT2D eigenvalue weighted by atomic mass is 16.1. The van der Waals surface area contributed by atoms with Crippen molar-refractivity contribution in [3.8, 4) is 0 Å². The molecule has 0 bridgehead atoms. The second kappa shape index (κ2) is 6.61. The minimum atomic E-state index is 0.409. The topological polar surface area (TPSA) is 17.1 Å². The number of hydrogen-bond acceptors (Lipinski definition) is 1. The molecule has 2 heteroatoms. The monoisotopic (exact) mass is 232 g/mol. The maximum Gasteiger partial charge on any atom is 0.136 e. The van der Waals surface area contributed by atoms with Crippen LogP contribution in [0.4, 0.5) is 0 Å². The molecular formula is C15H25BO. The molecule has 2 radical (unpaired) electrons. The summed E-state index contributed by atoms with van der Waals surface area (Å²) in [5.41, 5.74) is 0. The smallest absolute Gasteiger partial charge is 0.136 e. The van der Waals surface area contributed by atoms with E-state index in [1.54, 1.807) is 0 Å². The number of carbonyl (C=O) groups excluding carboxylic acids is 1. The molecule has 0 aliphatic heterocycles. The summed E-state index contributed by atoms with van der Waals surface area (Å²) in [5, 5.41) is 0. The number of carbonyl (C=O) groups is 1. The van der Waals surface area contributed by atoms with Gasteiger partial charge in [0.2, 0.25) is 0 Å². The lowest BCUT2D eigenvalue weighted by Gasteiger charge is -2.40. The second-order valence-corrected chi connectivity index (χ2v) is 5.96. The van der Waals surface area contributed by atoms with E-state index in [0.29, 0.717) is 11.7 Å². The summed E-state index contributed by atoms with van der Waals surface area (Å²) in [5.74, 6) is 2.57. The molecular weight excluding hydrogens is 207 g/mol. The lowest BCUT2D eigenvalue weighted by Crippen LogP contribution is -2.35. The predicted molar refractivity (Wildman–Crippen MR) is 72.2 cm³/mol. The number of rotatable bonds is 5. The van der Waals surface area contributed by atoms with Gasteiger partial charge in [-0.3, -0.25) is 4.79 Å². The van der Waals surface area contributed by atoms with Crippen molar-refractivity contribution in [1.29, 1.82) is 0 Å². The summed E-state index contributed by atoms with van der Waals surface area (Å²) >= 11 is 0. The number of unbranched alkanes of at least 4 members (excludes halogenated alkanes) is 1. The first kappa shape index (κ1) is 13.2. The van der Waals surface area contributed by atoms with Crippen molar-refractivity contribution in [3.05, 3.63) is 0 Å². The first-order chi connectivity index (χ1) is 8.33. The summed E-state index contributed by atoms with van der Waals surface area (Å²) in [7, 11) is 5.49. The Bertz CT molecular complexity index is 249. The molecule has 0 heterocycles. The zero-order valence-corrected chi connectivity index (χ0v) is 11.0. The zero-order chi connectivity index (χ0) is 12.1. The molecule has 0 N–H and O–H groups in total. The molecule has 0 saturated heterocycles. The van der Waals surface area contributed by atoms with Crippen LogP contribution in [0, 0.1) is 17.8 Å². The van der Waals surface area contributed by atoms with Gasteiger partial charge in [0.25, 0.3) is 0 Å². The van der Waals surface area contributed by atoms with E-state index >= 15 is 0 Å². The van der Waals surface area contributed by atoms with Crippen LogP contribution in [0.5, 0.6) is 0 Å². The molecule has 0 aromatic rings. The quantitative estimate of drug-likeness (QED) is 0.518. The molecule has 94 valence electrons. The van der Waals surface area contributed by atoms with Crippen LogP contribution in [0.25, 0.3) is 0 Å². The summed E-state index contributed by atoms with van der Waals surface area (Å²) in [6.45, 7) is 0. The minimum Gasteiger partial charge on any atom is -0.299 e. The third kappa shape index (κ3) is 3.36. The fourth-order valence-corrected chi connectivity index (χ4v) is 3.97. The number of fused-ring (bicyclic) bond motifs is 1. The zero-order valence-electron chi connectivity index (χ0n) is 11.0. The van der Waals surface area contributed by atoms with Crippen LogP contribution in [0.3, 0.4) is 0 Å². The molecule has 2 aliphatic rings. The van der Waals surface area contributed by atoms with Crippen molar-refractivity contribution >= 4 is 13.6 Å². The average Bonchev–Trinajstić information content (AvgIpc) is 2.38. The van der Waals surface area contributed by atoms with Crippen LogP contribution in [0.1, 0.15) is 64.2 Å². The molecule has 1 nitrogen and oxygen atoms in total. The van der Waals surface area contributed by atoms with Crippen molar-refractivity contribution < 1.29 is 4.79 Å². The van der Waals surface area contributed by atoms with E-state index in [-0.39, 0.29) is 0 Å². The van der Waals surface area contributed by atoms with Crippen LogP contribution in [0.2, 0.25) is 6.32 Å². The maximum absolute atomic E-state index is 12.3. The third-order valence-electron chi connectivity index (χ3n) is 4.87. The second-order valence-electron chi connectivity index (χ2n) is 5.96. The predicted octanol–water partition coefficient (Wildman–Crippen LogP) is 3.92. The lowest BCUT2D eigenvalue weighted by atomic mass is 9.64. The number of hydrogen-bond donors (Lipinski definition) is 0. The van der Waals surface area contributed by atoms with Gasteiger partial charge in [-0.05, 0) is 31.1 Å². The van der Waals surface area contributed by atoms with Gasteiger partial charge in [-0.25, -0.2) is 0 Å². The maximum atomic E-state index is 12.3. The molecule has 0 amide bonds. The van der Waals surface area contributed by atoms with E-state index in [4.69, 9.17) is 7.85 Å². The molecule has 2 saturated carbocycles. The highest BCUT2D eigenvalue weighted by Gasteiger charge is 2.37. The van der Waals surface area contributed by atoms with Crippen LogP contribution in [-0.2, 0) is 4.79 Å². The Morgan fingerprint density at radius 2 is 1.76 bits per heavy atom. The van der Waals surface area contributed by atoms with Gasteiger partial charge in [0.15, 0.2) is 0 Å². The Labute approximate surface area is 107 Å². The van der Waals surface area contributed by atoms with Gasteiger partial charge in [-0.2, -0.15) is 0 Å². The van der Waals surface area contributed by atoms with Crippen molar-refractivity contribution in [3.63, 3.8) is 0 Å². The molecule has 3 unspecified atom stereocenters. The van der Waals surface area contributed by atoms with Crippen LogP contribution >= 0.6 is 0 Å². The van der Waals surface area contributed by atoms with E-state index < -0.39 is 0 Å². The molecule has 0 aromatic carbocycles. The van der Waals surface area contributed by atoms with Crippen molar-refractivity contribution in [2.45, 2.75) is 70.5 Å². The fraction of sp³-hybridized carbons (Fsp3) is 0.933. The highest BCUT2D eigenvalue weighted by Crippen LogP contribution is 2.44. The third-order valence-corrected chi connectivity index (χ3v) is 4.87. The molecule has 17 heavy (non-hydrogen) atoms. The van der Waals surface area contributed by atoms with E-state index in [9.17, 15) is 4.79 Å². The molecule has 2 aliphatic carbocycles. The summed E-state index contributed by atoms with van der Waals surface area (Å²) in [6.07, 6.45) is 12.8. The molecule has 0 spiro atoms. The SMILES string of the molecule is [B]CCCCC(=O)C1CCCC2CCCCC21. The summed E-state index contributed by atoms with van der Waals surface area (Å²) in [4.78, 5) is 12.3. The first-order valence-corrected chi connectivity index (χ1v) is 7.55. The van der Waals surface area contributed by atoms with Gasteiger partial charge in [-0.1, -0.05) is 44.8 Å². The highest BCUT2D eigenvalue weighted by molar-refractivity contribution is 6.08. The minimum absolute atomic E-state index is 0.409. The van der Waals surface area contributed by atoms with Gasteiger partial charge in [0.1, 0.15) is 5.78 Å². The first-order valence-electron chi connectivity index (χ1n) is 7.55. The summed E-state index contributed by atoms with van der Waals surface area (Å²) in [6, 6.07) is 0. The Balaban J connectivity index is 1.87. The van der Waals surface area contributed by atoms with Crippen molar-refractivity contribution in [1.82, 2.24) is 0 Å². The molecule has 3 atom stereocenters. The number of ketones is 1. The Morgan fingerprint density at radius 3 is 2.59 bits per heavy atom. The van der Waals surface area contributed by atoms with E-state index in [0.717, 1.165) is 37.4 Å². The molecule has 2 rings (SSSR count). The average molecular weight is 232 g/mol. The normalized spacial score (nSPS) is 33.1. The van der Waals surface area contributed by atoms with Crippen LogP contribution < -0.4 is 0 Å². The van der Waals surface area contributed by atoms with Crippen molar-refractivity contribution in [2.24, 2.45) is 17.8 Å².